The Morgan fingerprint density at radius 1 is 1.38 bits per heavy atom. The van der Waals surface area contributed by atoms with Crippen molar-refractivity contribution in [3.63, 3.8) is 0 Å². The van der Waals surface area contributed by atoms with E-state index in [9.17, 15) is 0 Å². The molecule has 2 rings (SSSR count). The summed E-state index contributed by atoms with van der Waals surface area (Å²) < 4.78 is 0. The number of thiophene rings is 2. The van der Waals surface area contributed by atoms with Crippen LogP contribution in [0.3, 0.4) is 0 Å². The van der Waals surface area contributed by atoms with Crippen molar-refractivity contribution in [3.8, 4) is 10.4 Å². The number of hydrogen-bond donors (Lipinski definition) is 0. The van der Waals surface area contributed by atoms with Crippen molar-refractivity contribution in [1.82, 2.24) is 0 Å². The molecule has 1 nitrogen and oxygen atoms in total. The molecule has 0 aliphatic rings. The fraction of sp³-hybridized carbons (Fsp3) is 0.200. The topological polar surface area (TPSA) is 3.24 Å². The minimum atomic E-state index is 1.21. The molecular formula is C10H10NS2. The lowest BCUT2D eigenvalue weighted by atomic mass is 10.3. The fourth-order valence-electron chi connectivity index (χ4n) is 1.07. The van der Waals surface area contributed by atoms with E-state index in [0.717, 1.165) is 0 Å². The largest absolute Gasteiger partial charge is 0.377 e. The molecule has 0 atom stereocenters. The van der Waals surface area contributed by atoms with Crippen molar-refractivity contribution >= 4 is 28.4 Å². The van der Waals surface area contributed by atoms with E-state index < -0.39 is 0 Å². The van der Waals surface area contributed by atoms with Crippen LogP contribution >= 0.6 is 22.7 Å². The molecule has 0 bridgehead atoms. The molecule has 0 saturated heterocycles. The summed E-state index contributed by atoms with van der Waals surface area (Å²) in [5.74, 6) is 0. The number of rotatable bonds is 2. The lowest BCUT2D eigenvalue weighted by Gasteiger charge is -2.07. The second kappa shape index (κ2) is 3.52. The van der Waals surface area contributed by atoms with Gasteiger partial charge in [-0.1, -0.05) is 0 Å². The van der Waals surface area contributed by atoms with Crippen molar-refractivity contribution in [2.45, 2.75) is 0 Å². The summed E-state index contributed by atoms with van der Waals surface area (Å²) in [6.45, 7) is 0. The number of hydrogen-bond acceptors (Lipinski definition) is 3. The van der Waals surface area contributed by atoms with Crippen molar-refractivity contribution in [2.75, 3.05) is 19.0 Å². The first-order valence-electron chi connectivity index (χ1n) is 3.99. The van der Waals surface area contributed by atoms with Crippen molar-refractivity contribution in [3.05, 3.63) is 28.3 Å². The van der Waals surface area contributed by atoms with Crippen LogP contribution in [-0.2, 0) is 0 Å². The Morgan fingerprint density at radius 3 is 2.77 bits per heavy atom. The first-order valence-corrected chi connectivity index (χ1v) is 5.75. The zero-order valence-corrected chi connectivity index (χ0v) is 9.21. The second-order valence-corrected chi connectivity index (χ2v) is 4.62. The Bertz CT molecular complexity index is 373. The van der Waals surface area contributed by atoms with E-state index >= 15 is 0 Å². The van der Waals surface area contributed by atoms with Crippen LogP contribution in [0.25, 0.3) is 10.4 Å². The van der Waals surface area contributed by atoms with Gasteiger partial charge in [0, 0.05) is 35.6 Å². The highest BCUT2D eigenvalue weighted by atomic mass is 32.1. The van der Waals surface area contributed by atoms with Crippen LogP contribution in [-0.4, -0.2) is 14.1 Å². The molecule has 0 spiro atoms. The van der Waals surface area contributed by atoms with E-state index in [-0.39, 0.29) is 0 Å². The van der Waals surface area contributed by atoms with Crippen molar-refractivity contribution < 1.29 is 0 Å². The van der Waals surface area contributed by atoms with Gasteiger partial charge in [-0.05, 0) is 17.5 Å². The molecule has 0 saturated carbocycles. The standard InChI is InChI=1S/C10H10NS2/c1-11(2)9-5-10(13-7-9)8-3-4-12-6-8/h3-5,7H,1-2H3. The number of nitrogens with zero attached hydrogens (tertiary/aromatic N) is 1. The molecule has 0 aliphatic heterocycles. The molecule has 0 aliphatic carbocycles. The first kappa shape index (κ1) is 8.78. The SMILES string of the molecule is CN(C)c1csc(-c2[c]scc2)c1. The molecule has 0 N–H and O–H groups in total. The normalized spacial score (nSPS) is 10.3. The van der Waals surface area contributed by atoms with Crippen LogP contribution in [0.1, 0.15) is 0 Å². The summed E-state index contributed by atoms with van der Waals surface area (Å²) in [6.07, 6.45) is 0. The highest BCUT2D eigenvalue weighted by Crippen LogP contribution is 2.31. The highest BCUT2D eigenvalue weighted by molar-refractivity contribution is 7.14. The maximum absolute atomic E-state index is 3.24. The second-order valence-electron chi connectivity index (χ2n) is 3.00. The van der Waals surface area contributed by atoms with Crippen LogP contribution in [0.2, 0.25) is 0 Å². The van der Waals surface area contributed by atoms with E-state index in [0.29, 0.717) is 0 Å². The van der Waals surface area contributed by atoms with Gasteiger partial charge >= 0.3 is 0 Å². The van der Waals surface area contributed by atoms with Gasteiger partial charge in [-0.15, -0.1) is 22.7 Å². The van der Waals surface area contributed by atoms with Gasteiger partial charge in [0.25, 0.3) is 0 Å². The van der Waals surface area contributed by atoms with E-state index in [2.05, 4.69) is 47.3 Å². The van der Waals surface area contributed by atoms with Crippen LogP contribution in [0.4, 0.5) is 5.69 Å². The van der Waals surface area contributed by atoms with Gasteiger partial charge in [-0.25, -0.2) is 0 Å². The molecule has 2 heterocycles. The minimum Gasteiger partial charge on any atom is -0.377 e. The van der Waals surface area contributed by atoms with Gasteiger partial charge in [0.15, 0.2) is 0 Å². The fourth-order valence-corrected chi connectivity index (χ4v) is 2.67. The summed E-state index contributed by atoms with van der Waals surface area (Å²) in [5, 5.41) is 7.47. The predicted molar refractivity (Wildman–Crippen MR) is 60.8 cm³/mol. The average molecular weight is 208 g/mol. The quantitative estimate of drug-likeness (QED) is 0.731. The van der Waals surface area contributed by atoms with Gasteiger partial charge in [0.1, 0.15) is 0 Å². The Balaban J connectivity index is 2.33. The van der Waals surface area contributed by atoms with Gasteiger partial charge in [-0.3, -0.25) is 0 Å². The van der Waals surface area contributed by atoms with Gasteiger partial charge in [0.2, 0.25) is 0 Å². The van der Waals surface area contributed by atoms with Crippen LogP contribution in [0.5, 0.6) is 0 Å². The highest BCUT2D eigenvalue weighted by Gasteiger charge is 2.03. The van der Waals surface area contributed by atoms with Crippen molar-refractivity contribution in [1.29, 1.82) is 0 Å². The summed E-state index contributed by atoms with van der Waals surface area (Å²) in [7, 11) is 4.12. The number of anilines is 1. The monoisotopic (exact) mass is 208 g/mol. The molecule has 67 valence electrons. The molecule has 0 unspecified atom stereocenters. The summed E-state index contributed by atoms with van der Waals surface area (Å²) >= 11 is 3.39. The maximum Gasteiger partial charge on any atom is 0.0535 e. The Labute approximate surface area is 86.3 Å². The zero-order chi connectivity index (χ0) is 9.26. The molecule has 2 aromatic heterocycles. The van der Waals surface area contributed by atoms with Gasteiger partial charge in [-0.2, -0.15) is 0 Å². The summed E-state index contributed by atoms with van der Waals surface area (Å²) in [4.78, 5) is 3.41. The molecule has 3 heteroatoms. The van der Waals surface area contributed by atoms with Gasteiger partial charge in [0.05, 0.1) is 5.38 Å². The third-order valence-electron chi connectivity index (χ3n) is 1.84. The van der Waals surface area contributed by atoms with E-state index in [1.165, 1.54) is 16.1 Å². The summed E-state index contributed by atoms with van der Waals surface area (Å²) in [6, 6.07) is 4.30. The molecule has 0 aromatic carbocycles. The average Bonchev–Trinajstić information content (AvgIpc) is 2.75. The molecule has 1 radical (unpaired) electrons. The Hall–Kier alpha value is -0.800. The minimum absolute atomic E-state index is 1.21. The maximum atomic E-state index is 3.24. The molecule has 0 fully saturated rings. The van der Waals surface area contributed by atoms with E-state index in [1.54, 1.807) is 22.7 Å². The van der Waals surface area contributed by atoms with Crippen LogP contribution < -0.4 is 4.90 Å². The molecule has 0 amide bonds. The Kier molecular flexibility index (Phi) is 2.38. The van der Waals surface area contributed by atoms with E-state index in [1.807, 2.05) is 0 Å². The first-order chi connectivity index (χ1) is 6.27. The smallest absolute Gasteiger partial charge is 0.0535 e. The summed E-state index contributed by atoms with van der Waals surface area (Å²) in [5.41, 5.74) is 2.47. The zero-order valence-electron chi connectivity index (χ0n) is 7.57. The molecular weight excluding hydrogens is 198 g/mol. The third kappa shape index (κ3) is 1.76. The van der Waals surface area contributed by atoms with Gasteiger partial charge < -0.3 is 4.90 Å². The van der Waals surface area contributed by atoms with Crippen molar-refractivity contribution in [2.24, 2.45) is 0 Å². The lowest BCUT2D eigenvalue weighted by molar-refractivity contribution is 1.14. The predicted octanol–water partition coefficient (Wildman–Crippen LogP) is 3.34. The lowest BCUT2D eigenvalue weighted by Crippen LogP contribution is -2.06. The molecule has 13 heavy (non-hydrogen) atoms. The van der Waals surface area contributed by atoms with E-state index in [4.69, 9.17) is 0 Å². The molecule has 2 aromatic rings. The van der Waals surface area contributed by atoms with Crippen LogP contribution in [0, 0.1) is 5.38 Å². The Morgan fingerprint density at radius 2 is 2.23 bits per heavy atom. The van der Waals surface area contributed by atoms with Crippen LogP contribution in [0.15, 0.2) is 22.9 Å². The third-order valence-corrected chi connectivity index (χ3v) is 3.40.